The second-order valence-electron chi connectivity index (χ2n) is 4.87. The molecule has 1 aliphatic heterocycles. The molecule has 1 heterocycles. The van der Waals surface area contributed by atoms with Gasteiger partial charge < -0.3 is 14.4 Å². The standard InChI is InChI=1S/C17H22N2O2/c1-12(14-7-6-10-19(3)17(14)18-2)13-8-9-15(20-4)16(11-13)21-5/h6-11,17-18H,1H2,2-5H3. The van der Waals surface area contributed by atoms with Gasteiger partial charge in [-0.15, -0.1) is 0 Å². The average Bonchev–Trinajstić information content (AvgIpc) is 2.53. The van der Waals surface area contributed by atoms with E-state index in [4.69, 9.17) is 9.47 Å². The zero-order valence-corrected chi connectivity index (χ0v) is 13.0. The van der Waals surface area contributed by atoms with Gasteiger partial charge in [-0.25, -0.2) is 0 Å². The lowest BCUT2D eigenvalue weighted by atomic mass is 9.95. The minimum Gasteiger partial charge on any atom is -0.493 e. The molecule has 1 N–H and O–H groups in total. The highest BCUT2D eigenvalue weighted by molar-refractivity contribution is 5.80. The van der Waals surface area contributed by atoms with Gasteiger partial charge in [-0.1, -0.05) is 18.7 Å². The Morgan fingerprint density at radius 2 is 1.95 bits per heavy atom. The van der Waals surface area contributed by atoms with Crippen LogP contribution in [0.5, 0.6) is 11.5 Å². The first kappa shape index (κ1) is 15.2. The summed E-state index contributed by atoms with van der Waals surface area (Å²) in [7, 11) is 7.24. The van der Waals surface area contributed by atoms with Crippen LogP contribution in [0, 0.1) is 0 Å². The molecule has 0 spiro atoms. The van der Waals surface area contributed by atoms with Crippen molar-refractivity contribution in [3.05, 3.63) is 54.3 Å². The largest absolute Gasteiger partial charge is 0.493 e. The van der Waals surface area contributed by atoms with Gasteiger partial charge >= 0.3 is 0 Å². The first-order valence-corrected chi connectivity index (χ1v) is 6.81. The van der Waals surface area contributed by atoms with Crippen molar-refractivity contribution in [2.24, 2.45) is 0 Å². The summed E-state index contributed by atoms with van der Waals surface area (Å²) < 4.78 is 10.6. The van der Waals surface area contributed by atoms with E-state index >= 15 is 0 Å². The second-order valence-corrected chi connectivity index (χ2v) is 4.87. The lowest BCUT2D eigenvalue weighted by molar-refractivity contribution is 0.333. The molecule has 4 heteroatoms. The molecular formula is C17H22N2O2. The van der Waals surface area contributed by atoms with Gasteiger partial charge in [0, 0.05) is 13.2 Å². The number of rotatable bonds is 5. The minimum atomic E-state index is 0.107. The van der Waals surface area contributed by atoms with E-state index in [0.717, 1.165) is 16.7 Å². The molecule has 112 valence electrons. The predicted molar refractivity (Wildman–Crippen MR) is 86.4 cm³/mol. The summed E-state index contributed by atoms with van der Waals surface area (Å²) in [6.45, 7) is 4.25. The molecule has 4 nitrogen and oxygen atoms in total. The molecule has 1 aromatic rings. The van der Waals surface area contributed by atoms with E-state index in [9.17, 15) is 0 Å². The van der Waals surface area contributed by atoms with Crippen LogP contribution < -0.4 is 14.8 Å². The van der Waals surface area contributed by atoms with Crippen molar-refractivity contribution in [1.82, 2.24) is 10.2 Å². The maximum Gasteiger partial charge on any atom is 0.161 e. The number of nitrogens with one attached hydrogen (secondary N) is 1. The Morgan fingerprint density at radius 1 is 1.24 bits per heavy atom. The van der Waals surface area contributed by atoms with E-state index in [-0.39, 0.29) is 6.17 Å². The van der Waals surface area contributed by atoms with E-state index in [1.54, 1.807) is 14.2 Å². The normalized spacial score (nSPS) is 17.4. The molecule has 0 aliphatic carbocycles. The van der Waals surface area contributed by atoms with Crippen LogP contribution in [0.15, 0.2) is 48.7 Å². The fraction of sp³-hybridized carbons (Fsp3) is 0.294. The summed E-state index contributed by atoms with van der Waals surface area (Å²) in [6, 6.07) is 5.85. The Hall–Kier alpha value is -2.20. The molecule has 21 heavy (non-hydrogen) atoms. The minimum absolute atomic E-state index is 0.107. The lowest BCUT2D eigenvalue weighted by Gasteiger charge is -2.32. The summed E-state index contributed by atoms with van der Waals surface area (Å²) in [5.41, 5.74) is 3.11. The smallest absolute Gasteiger partial charge is 0.161 e. The van der Waals surface area contributed by atoms with Crippen LogP contribution in [0.1, 0.15) is 5.56 Å². The quantitative estimate of drug-likeness (QED) is 0.902. The summed E-state index contributed by atoms with van der Waals surface area (Å²) in [6.07, 6.45) is 6.25. The van der Waals surface area contributed by atoms with Crippen LogP contribution in [0.3, 0.4) is 0 Å². The van der Waals surface area contributed by atoms with Gasteiger partial charge in [-0.05, 0) is 42.0 Å². The summed E-state index contributed by atoms with van der Waals surface area (Å²) in [5.74, 6) is 1.42. The number of methoxy groups -OCH3 is 2. The number of nitrogens with zero attached hydrogens (tertiary/aromatic N) is 1. The van der Waals surface area contributed by atoms with Gasteiger partial charge in [0.25, 0.3) is 0 Å². The third kappa shape index (κ3) is 2.95. The molecule has 0 saturated carbocycles. The Morgan fingerprint density at radius 3 is 2.57 bits per heavy atom. The fourth-order valence-electron chi connectivity index (χ4n) is 2.49. The maximum absolute atomic E-state index is 5.36. The van der Waals surface area contributed by atoms with Crippen molar-refractivity contribution >= 4 is 5.57 Å². The van der Waals surface area contributed by atoms with Crippen molar-refractivity contribution < 1.29 is 9.47 Å². The molecule has 0 bridgehead atoms. The number of benzene rings is 1. The SMILES string of the molecule is C=C(C1=CC=CN(C)C1NC)c1ccc(OC)c(OC)c1. The first-order chi connectivity index (χ1) is 10.1. The van der Waals surface area contributed by atoms with Crippen LogP contribution in [-0.2, 0) is 0 Å². The Bertz CT molecular complexity index is 590. The Balaban J connectivity index is 2.35. The van der Waals surface area contributed by atoms with E-state index < -0.39 is 0 Å². The summed E-state index contributed by atoms with van der Waals surface area (Å²) in [5, 5.41) is 3.30. The van der Waals surface area contributed by atoms with Crippen molar-refractivity contribution in [3.8, 4) is 11.5 Å². The van der Waals surface area contributed by atoms with Crippen LogP contribution in [0.2, 0.25) is 0 Å². The van der Waals surface area contributed by atoms with Crippen LogP contribution in [0.4, 0.5) is 0 Å². The first-order valence-electron chi connectivity index (χ1n) is 6.81. The Labute approximate surface area is 126 Å². The van der Waals surface area contributed by atoms with Crippen molar-refractivity contribution in [3.63, 3.8) is 0 Å². The second kappa shape index (κ2) is 6.50. The monoisotopic (exact) mass is 286 g/mol. The molecule has 0 fully saturated rings. The van der Waals surface area contributed by atoms with Crippen LogP contribution in [0.25, 0.3) is 5.57 Å². The highest BCUT2D eigenvalue weighted by Crippen LogP contribution is 2.33. The molecular weight excluding hydrogens is 264 g/mol. The van der Waals surface area contributed by atoms with Gasteiger partial charge in [0.2, 0.25) is 0 Å². The molecule has 0 amide bonds. The predicted octanol–water partition coefficient (Wildman–Crippen LogP) is 2.65. The molecule has 1 atom stereocenters. The van der Waals surface area contributed by atoms with E-state index in [2.05, 4.69) is 22.9 Å². The maximum atomic E-state index is 5.36. The van der Waals surface area contributed by atoms with Crippen molar-refractivity contribution in [1.29, 1.82) is 0 Å². The van der Waals surface area contributed by atoms with Gasteiger partial charge in [-0.3, -0.25) is 5.32 Å². The van der Waals surface area contributed by atoms with Gasteiger partial charge in [0.05, 0.1) is 14.2 Å². The topological polar surface area (TPSA) is 33.7 Å². The van der Waals surface area contributed by atoms with Crippen LogP contribution >= 0.6 is 0 Å². The van der Waals surface area contributed by atoms with Crippen molar-refractivity contribution in [2.45, 2.75) is 6.17 Å². The Kier molecular flexibility index (Phi) is 4.70. The van der Waals surface area contributed by atoms with Crippen molar-refractivity contribution in [2.75, 3.05) is 28.3 Å². The zero-order chi connectivity index (χ0) is 15.4. The molecule has 1 unspecified atom stereocenters. The molecule has 0 radical (unpaired) electrons. The summed E-state index contributed by atoms with van der Waals surface area (Å²) in [4.78, 5) is 2.11. The number of allylic oxidation sites excluding steroid dienone is 2. The highest BCUT2D eigenvalue weighted by Gasteiger charge is 2.21. The molecule has 2 rings (SSSR count). The fourth-order valence-corrected chi connectivity index (χ4v) is 2.49. The summed E-state index contributed by atoms with van der Waals surface area (Å²) >= 11 is 0. The third-order valence-electron chi connectivity index (χ3n) is 3.65. The molecule has 1 aromatic carbocycles. The average molecular weight is 286 g/mol. The third-order valence-corrected chi connectivity index (χ3v) is 3.65. The zero-order valence-electron chi connectivity index (χ0n) is 13.0. The lowest BCUT2D eigenvalue weighted by Crippen LogP contribution is -2.41. The van der Waals surface area contributed by atoms with Gasteiger partial charge in [0.1, 0.15) is 6.17 Å². The number of ether oxygens (including phenoxy) is 2. The van der Waals surface area contributed by atoms with Gasteiger partial charge in [0.15, 0.2) is 11.5 Å². The molecule has 1 aliphatic rings. The molecule has 0 aromatic heterocycles. The van der Waals surface area contributed by atoms with E-state index in [0.29, 0.717) is 11.5 Å². The van der Waals surface area contributed by atoms with Gasteiger partial charge in [-0.2, -0.15) is 0 Å². The number of hydrogen-bond acceptors (Lipinski definition) is 4. The van der Waals surface area contributed by atoms with E-state index in [1.165, 1.54) is 0 Å². The highest BCUT2D eigenvalue weighted by atomic mass is 16.5. The number of likely N-dealkylation sites (N-methyl/N-ethyl adjacent to an activating group) is 2. The van der Waals surface area contributed by atoms with Crippen LogP contribution in [-0.4, -0.2) is 39.4 Å². The molecule has 0 saturated heterocycles. The number of hydrogen-bond donors (Lipinski definition) is 1. The van der Waals surface area contributed by atoms with E-state index in [1.807, 2.05) is 44.6 Å².